The summed E-state index contributed by atoms with van der Waals surface area (Å²) in [6.07, 6.45) is 4.09. The van der Waals surface area contributed by atoms with E-state index in [0.29, 0.717) is 53.7 Å². The van der Waals surface area contributed by atoms with Crippen LogP contribution in [-0.4, -0.2) is 35.5 Å². The molecule has 1 aliphatic carbocycles. The number of carbonyl (C=O) groups excluding carboxylic acids is 1. The molecule has 1 heterocycles. The Hall–Kier alpha value is -3.55. The van der Waals surface area contributed by atoms with Crippen LogP contribution in [0.15, 0.2) is 41.2 Å². The number of nitrogens with zero attached hydrogens (tertiary/aromatic N) is 2. The fourth-order valence-electron chi connectivity index (χ4n) is 4.59. The highest BCUT2D eigenvalue weighted by molar-refractivity contribution is 5.96. The first-order valence-corrected chi connectivity index (χ1v) is 12.4. The lowest BCUT2D eigenvalue weighted by Crippen LogP contribution is -2.30. The van der Waals surface area contributed by atoms with Gasteiger partial charge < -0.3 is 19.5 Å². The number of benzene rings is 2. The van der Waals surface area contributed by atoms with Crippen LogP contribution in [0, 0.1) is 0 Å². The molecule has 8 nitrogen and oxygen atoms in total. The van der Waals surface area contributed by atoms with Crippen molar-refractivity contribution in [3.63, 3.8) is 0 Å². The molecular weight excluding hydrogens is 446 g/mol. The Morgan fingerprint density at radius 1 is 0.971 bits per heavy atom. The van der Waals surface area contributed by atoms with Crippen molar-refractivity contribution in [1.82, 2.24) is 15.1 Å². The maximum atomic E-state index is 13.2. The van der Waals surface area contributed by atoms with Crippen LogP contribution in [0.2, 0.25) is 0 Å². The molecule has 0 aliphatic heterocycles. The summed E-state index contributed by atoms with van der Waals surface area (Å²) in [7, 11) is 0. The van der Waals surface area contributed by atoms with Gasteiger partial charge in [-0.3, -0.25) is 9.59 Å². The molecule has 0 unspecified atom stereocenters. The number of amides is 1. The van der Waals surface area contributed by atoms with Crippen LogP contribution >= 0.6 is 0 Å². The van der Waals surface area contributed by atoms with Gasteiger partial charge in [0, 0.05) is 10.9 Å². The fraction of sp³-hybridized carbons (Fsp3) is 0.444. The molecule has 0 spiro atoms. The third-order valence-electron chi connectivity index (χ3n) is 6.16. The first kappa shape index (κ1) is 24.6. The van der Waals surface area contributed by atoms with Crippen LogP contribution in [0.5, 0.6) is 17.2 Å². The number of ether oxygens (including phenoxy) is 3. The van der Waals surface area contributed by atoms with Crippen molar-refractivity contribution in [3.8, 4) is 17.2 Å². The second-order valence-electron chi connectivity index (χ2n) is 8.46. The van der Waals surface area contributed by atoms with E-state index in [1.165, 1.54) is 0 Å². The first-order chi connectivity index (χ1) is 17.1. The highest BCUT2D eigenvalue weighted by atomic mass is 16.5. The second-order valence-corrected chi connectivity index (χ2v) is 8.46. The molecule has 1 amide bonds. The molecule has 186 valence electrons. The summed E-state index contributed by atoms with van der Waals surface area (Å²) in [6, 6.07) is 10.9. The predicted octanol–water partition coefficient (Wildman–Crippen LogP) is 4.64. The largest absolute Gasteiger partial charge is 0.490 e. The molecule has 2 aromatic carbocycles. The summed E-state index contributed by atoms with van der Waals surface area (Å²) in [5.74, 6) is 1.12. The Balaban J connectivity index is 1.65. The SMILES string of the molecule is CCOc1cc(C(=O)NCc2nn(C3CCCC3)c(=O)c3ccccc23)cc(OCC)c1OCC. The average Bonchev–Trinajstić information content (AvgIpc) is 3.40. The Morgan fingerprint density at radius 3 is 2.17 bits per heavy atom. The van der Waals surface area contributed by atoms with Gasteiger partial charge in [-0.2, -0.15) is 5.10 Å². The highest BCUT2D eigenvalue weighted by Gasteiger charge is 2.22. The molecule has 4 rings (SSSR count). The molecule has 8 heteroatoms. The van der Waals surface area contributed by atoms with Crippen LogP contribution in [0.3, 0.4) is 0 Å². The van der Waals surface area contributed by atoms with E-state index in [9.17, 15) is 9.59 Å². The quantitative estimate of drug-likeness (QED) is 0.456. The third-order valence-corrected chi connectivity index (χ3v) is 6.16. The molecule has 1 saturated carbocycles. The van der Waals surface area contributed by atoms with Crippen molar-refractivity contribution in [2.45, 2.75) is 59.0 Å². The van der Waals surface area contributed by atoms with Crippen molar-refractivity contribution in [2.75, 3.05) is 19.8 Å². The van der Waals surface area contributed by atoms with Crippen molar-refractivity contribution in [1.29, 1.82) is 0 Å². The van der Waals surface area contributed by atoms with Crippen LogP contribution in [0.4, 0.5) is 0 Å². The van der Waals surface area contributed by atoms with Gasteiger partial charge in [0.1, 0.15) is 0 Å². The van der Waals surface area contributed by atoms with E-state index in [1.54, 1.807) is 16.8 Å². The maximum Gasteiger partial charge on any atom is 0.274 e. The molecule has 1 N–H and O–H groups in total. The Labute approximate surface area is 205 Å². The van der Waals surface area contributed by atoms with Crippen LogP contribution in [0.25, 0.3) is 10.8 Å². The van der Waals surface area contributed by atoms with Gasteiger partial charge in [-0.25, -0.2) is 4.68 Å². The van der Waals surface area contributed by atoms with E-state index >= 15 is 0 Å². The predicted molar refractivity (Wildman–Crippen MR) is 135 cm³/mol. The summed E-state index contributed by atoms with van der Waals surface area (Å²) in [5.41, 5.74) is 0.993. The van der Waals surface area contributed by atoms with Crippen molar-refractivity contribution < 1.29 is 19.0 Å². The van der Waals surface area contributed by atoms with E-state index in [0.717, 1.165) is 31.1 Å². The Bertz CT molecular complexity index is 1220. The van der Waals surface area contributed by atoms with Crippen LogP contribution in [0.1, 0.15) is 68.5 Å². The summed E-state index contributed by atoms with van der Waals surface area (Å²) < 4.78 is 18.8. The Kier molecular flexibility index (Phi) is 7.90. The van der Waals surface area contributed by atoms with Crippen LogP contribution in [-0.2, 0) is 6.54 Å². The minimum Gasteiger partial charge on any atom is -0.490 e. The molecule has 0 radical (unpaired) electrons. The smallest absolute Gasteiger partial charge is 0.274 e. The summed E-state index contributed by atoms with van der Waals surface area (Å²) >= 11 is 0. The molecule has 1 aliphatic rings. The van der Waals surface area contributed by atoms with E-state index in [-0.39, 0.29) is 24.1 Å². The number of aromatic nitrogens is 2. The molecule has 1 aromatic heterocycles. The van der Waals surface area contributed by atoms with E-state index < -0.39 is 0 Å². The van der Waals surface area contributed by atoms with Gasteiger partial charge in [0.05, 0.1) is 43.5 Å². The lowest BCUT2D eigenvalue weighted by Gasteiger charge is -2.18. The van der Waals surface area contributed by atoms with Gasteiger partial charge in [0.15, 0.2) is 11.5 Å². The zero-order chi connectivity index (χ0) is 24.8. The summed E-state index contributed by atoms with van der Waals surface area (Å²) in [5, 5.41) is 9.04. The van der Waals surface area contributed by atoms with Gasteiger partial charge in [0.25, 0.3) is 11.5 Å². The Morgan fingerprint density at radius 2 is 1.57 bits per heavy atom. The fourth-order valence-corrected chi connectivity index (χ4v) is 4.59. The maximum absolute atomic E-state index is 13.2. The number of rotatable bonds is 10. The zero-order valence-electron chi connectivity index (χ0n) is 20.6. The monoisotopic (exact) mass is 479 g/mol. The highest BCUT2D eigenvalue weighted by Crippen LogP contribution is 2.39. The standard InChI is InChI=1S/C27H33N3O5/c1-4-33-23-15-18(16-24(34-5-2)25(23)35-6-3)26(31)28-17-22-20-13-9-10-14-21(20)27(32)30(29-22)19-11-7-8-12-19/h9-10,13-16,19H,4-8,11-12,17H2,1-3H3,(H,28,31). The molecular formula is C27H33N3O5. The summed E-state index contributed by atoms with van der Waals surface area (Å²) in [6.45, 7) is 7.12. The van der Waals surface area contributed by atoms with Gasteiger partial charge in [-0.1, -0.05) is 31.0 Å². The number of hydrogen-bond donors (Lipinski definition) is 1. The van der Waals surface area contributed by atoms with Gasteiger partial charge in [0.2, 0.25) is 5.75 Å². The lowest BCUT2D eigenvalue weighted by atomic mass is 10.1. The van der Waals surface area contributed by atoms with Crippen molar-refractivity contribution >= 4 is 16.7 Å². The number of fused-ring (bicyclic) bond motifs is 1. The second kappa shape index (κ2) is 11.3. The molecule has 0 bridgehead atoms. The topological polar surface area (TPSA) is 91.7 Å². The molecule has 35 heavy (non-hydrogen) atoms. The number of hydrogen-bond acceptors (Lipinski definition) is 6. The van der Waals surface area contributed by atoms with Gasteiger partial charge >= 0.3 is 0 Å². The minimum absolute atomic E-state index is 0.0724. The zero-order valence-corrected chi connectivity index (χ0v) is 20.6. The molecule has 0 atom stereocenters. The normalized spacial score (nSPS) is 13.7. The van der Waals surface area contributed by atoms with Crippen molar-refractivity contribution in [3.05, 3.63) is 58.0 Å². The molecule has 3 aromatic rings. The lowest BCUT2D eigenvalue weighted by molar-refractivity contribution is 0.0949. The minimum atomic E-state index is -0.292. The van der Waals surface area contributed by atoms with Crippen LogP contribution < -0.4 is 25.1 Å². The van der Waals surface area contributed by atoms with Gasteiger partial charge in [-0.15, -0.1) is 0 Å². The summed E-state index contributed by atoms with van der Waals surface area (Å²) in [4.78, 5) is 26.3. The first-order valence-electron chi connectivity index (χ1n) is 12.4. The van der Waals surface area contributed by atoms with E-state index in [2.05, 4.69) is 5.32 Å². The third kappa shape index (κ3) is 5.26. The van der Waals surface area contributed by atoms with E-state index in [1.807, 2.05) is 45.0 Å². The van der Waals surface area contributed by atoms with Gasteiger partial charge in [-0.05, 0) is 51.8 Å². The average molecular weight is 480 g/mol. The number of carbonyl (C=O) groups is 1. The van der Waals surface area contributed by atoms with E-state index in [4.69, 9.17) is 19.3 Å². The molecule has 0 saturated heterocycles. The number of nitrogens with one attached hydrogen (secondary N) is 1. The molecule has 1 fully saturated rings. The van der Waals surface area contributed by atoms with Crippen molar-refractivity contribution in [2.24, 2.45) is 0 Å².